The summed E-state index contributed by atoms with van der Waals surface area (Å²) in [6.45, 7) is 0. The fourth-order valence-corrected chi connectivity index (χ4v) is 4.84. The Kier molecular flexibility index (Phi) is 6.22. The Hall–Kier alpha value is -2.90. The first-order valence-electron chi connectivity index (χ1n) is 10.3. The minimum absolute atomic E-state index is 0.0936. The van der Waals surface area contributed by atoms with Crippen LogP contribution < -0.4 is 10.6 Å². The number of carboxylic acids is 1. The molecule has 1 heterocycles. The summed E-state index contributed by atoms with van der Waals surface area (Å²) in [7, 11) is 0. The van der Waals surface area contributed by atoms with E-state index in [1.54, 1.807) is 24.3 Å². The first-order valence-corrected chi connectivity index (χ1v) is 11.0. The largest absolute Gasteiger partial charge is 0.480 e. The molecule has 1 spiro atoms. The van der Waals surface area contributed by atoms with Crippen molar-refractivity contribution in [2.45, 2.75) is 38.1 Å². The van der Waals surface area contributed by atoms with Crippen molar-refractivity contribution < 1.29 is 19.5 Å². The second-order valence-electron chi connectivity index (χ2n) is 8.08. The van der Waals surface area contributed by atoms with Crippen molar-refractivity contribution >= 4 is 46.5 Å². The summed E-state index contributed by atoms with van der Waals surface area (Å²) in [4.78, 5) is 40.3. The number of aromatic nitrogens is 1. The highest BCUT2D eigenvalue weighted by Gasteiger charge is 2.50. The number of ketones is 1. The van der Waals surface area contributed by atoms with Crippen molar-refractivity contribution in [3.63, 3.8) is 0 Å². The average Bonchev–Trinajstić information content (AvgIpc) is 3.27. The number of rotatable bonds is 7. The molecule has 9 heteroatoms. The van der Waals surface area contributed by atoms with E-state index in [1.165, 1.54) is 18.5 Å². The quantitative estimate of drug-likeness (QED) is 0.554. The normalized spacial score (nSPS) is 17.4. The molecule has 1 unspecified atom stereocenters. The van der Waals surface area contributed by atoms with Crippen LogP contribution in [0.2, 0.25) is 10.0 Å². The maximum Gasteiger partial charge on any atom is 0.326 e. The lowest BCUT2D eigenvalue weighted by Gasteiger charge is -2.38. The highest BCUT2D eigenvalue weighted by molar-refractivity contribution is 6.40. The number of halogens is 2. The molecule has 0 aliphatic heterocycles. The van der Waals surface area contributed by atoms with Crippen molar-refractivity contribution in [3.8, 4) is 0 Å². The summed E-state index contributed by atoms with van der Waals surface area (Å²) in [5.74, 6) is -1.36. The third-order valence-corrected chi connectivity index (χ3v) is 6.65. The van der Waals surface area contributed by atoms with Crippen LogP contribution in [0.5, 0.6) is 0 Å². The molecular weight excluding hydrogens is 453 g/mol. The molecule has 2 aliphatic rings. The number of allylic oxidation sites excluding steroid dienone is 2. The van der Waals surface area contributed by atoms with Crippen LogP contribution in [0.15, 0.2) is 48.4 Å². The molecular formula is C23H21Cl2N3O4. The van der Waals surface area contributed by atoms with Crippen molar-refractivity contribution in [3.05, 3.63) is 69.6 Å². The average molecular weight is 474 g/mol. The number of nitrogens with one attached hydrogen (secondary N) is 2. The minimum Gasteiger partial charge on any atom is -0.480 e. The molecule has 1 aromatic carbocycles. The zero-order valence-electron chi connectivity index (χ0n) is 17.0. The number of pyridine rings is 1. The van der Waals surface area contributed by atoms with Crippen LogP contribution in [0.1, 0.15) is 41.6 Å². The zero-order chi connectivity index (χ0) is 22.9. The van der Waals surface area contributed by atoms with E-state index < -0.39 is 23.3 Å². The van der Waals surface area contributed by atoms with Gasteiger partial charge in [-0.2, -0.15) is 0 Å². The smallest absolute Gasteiger partial charge is 0.326 e. The Morgan fingerprint density at radius 2 is 1.72 bits per heavy atom. The van der Waals surface area contributed by atoms with Gasteiger partial charge in [-0.05, 0) is 30.5 Å². The lowest BCUT2D eigenvalue weighted by Crippen LogP contribution is -2.49. The van der Waals surface area contributed by atoms with E-state index in [4.69, 9.17) is 23.2 Å². The molecule has 0 bridgehead atoms. The molecule has 166 valence electrons. The van der Waals surface area contributed by atoms with Crippen molar-refractivity contribution in [1.82, 2.24) is 10.3 Å². The Balaban J connectivity index is 1.42. The van der Waals surface area contributed by atoms with Crippen LogP contribution in [-0.4, -0.2) is 33.8 Å². The maximum atomic E-state index is 12.5. The Bertz CT molecular complexity index is 1090. The SMILES string of the molecule is O=C(Nc1ccc(CC(NC2=CC(=O)C23CCCC3)C(=O)O)cc1)c1c(Cl)cncc1Cl. The van der Waals surface area contributed by atoms with Gasteiger partial charge in [0.2, 0.25) is 0 Å². The number of anilines is 1. The van der Waals surface area contributed by atoms with Gasteiger partial charge in [0.15, 0.2) is 5.78 Å². The van der Waals surface area contributed by atoms with Crippen LogP contribution >= 0.6 is 23.2 Å². The van der Waals surface area contributed by atoms with Crippen LogP contribution in [0.3, 0.4) is 0 Å². The molecule has 4 rings (SSSR count). The van der Waals surface area contributed by atoms with E-state index in [1.807, 2.05) is 0 Å². The Morgan fingerprint density at radius 1 is 1.09 bits per heavy atom. The minimum atomic E-state index is -0.988. The number of benzene rings is 1. The third-order valence-electron chi connectivity index (χ3n) is 6.08. The summed E-state index contributed by atoms with van der Waals surface area (Å²) < 4.78 is 0. The van der Waals surface area contributed by atoms with Gasteiger partial charge >= 0.3 is 5.97 Å². The van der Waals surface area contributed by atoms with Crippen LogP contribution in [0.4, 0.5) is 5.69 Å². The molecule has 2 aromatic rings. The van der Waals surface area contributed by atoms with Crippen LogP contribution in [0, 0.1) is 5.41 Å². The number of carboxylic acid groups (broad SMARTS) is 1. The highest BCUT2D eigenvalue weighted by atomic mass is 35.5. The fraction of sp³-hybridized carbons (Fsp3) is 0.304. The number of carbonyl (C=O) groups is 3. The maximum absolute atomic E-state index is 12.5. The molecule has 2 aliphatic carbocycles. The van der Waals surface area contributed by atoms with Gasteiger partial charge in [-0.15, -0.1) is 0 Å². The lowest BCUT2D eigenvalue weighted by molar-refractivity contribution is -0.139. The Labute approximate surface area is 194 Å². The summed E-state index contributed by atoms with van der Waals surface area (Å²) >= 11 is 12.0. The van der Waals surface area contributed by atoms with Gasteiger partial charge in [0.1, 0.15) is 6.04 Å². The molecule has 1 atom stereocenters. The van der Waals surface area contributed by atoms with Gasteiger partial charge in [-0.3, -0.25) is 14.6 Å². The molecule has 3 N–H and O–H groups in total. The number of aliphatic carboxylic acids is 1. The molecule has 7 nitrogen and oxygen atoms in total. The van der Waals surface area contributed by atoms with Crippen LogP contribution in [0.25, 0.3) is 0 Å². The molecule has 1 fully saturated rings. The summed E-state index contributed by atoms with van der Waals surface area (Å²) in [5.41, 5.74) is 1.65. The summed E-state index contributed by atoms with van der Waals surface area (Å²) in [6.07, 6.45) is 7.93. The molecule has 1 amide bonds. The van der Waals surface area contributed by atoms with E-state index >= 15 is 0 Å². The molecule has 0 saturated heterocycles. The molecule has 0 radical (unpaired) electrons. The topological polar surface area (TPSA) is 108 Å². The standard InChI is InChI=1S/C23H21Cl2N3O4/c24-15-11-26-12-16(25)20(15)21(30)27-14-5-3-13(4-6-14)9-17(22(31)32)28-18-10-19(29)23(18)7-1-2-8-23/h3-6,10-12,17,28H,1-2,7-9H2,(H,27,30)(H,31,32). The lowest BCUT2D eigenvalue weighted by atomic mass is 9.69. The second-order valence-corrected chi connectivity index (χ2v) is 8.89. The number of carbonyl (C=O) groups excluding carboxylic acids is 2. The summed E-state index contributed by atoms with van der Waals surface area (Å²) in [5, 5.41) is 15.8. The van der Waals surface area contributed by atoms with Crippen LogP contribution in [-0.2, 0) is 16.0 Å². The van der Waals surface area contributed by atoms with Crippen molar-refractivity contribution in [2.24, 2.45) is 5.41 Å². The summed E-state index contributed by atoms with van der Waals surface area (Å²) in [6, 6.07) is 5.99. The zero-order valence-corrected chi connectivity index (χ0v) is 18.5. The fourth-order valence-electron chi connectivity index (χ4n) is 4.31. The van der Waals surface area contributed by atoms with E-state index in [-0.39, 0.29) is 27.8 Å². The van der Waals surface area contributed by atoms with Crippen molar-refractivity contribution in [1.29, 1.82) is 0 Å². The highest BCUT2D eigenvalue weighted by Crippen LogP contribution is 2.49. The predicted molar refractivity (Wildman–Crippen MR) is 121 cm³/mol. The molecule has 1 saturated carbocycles. The van der Waals surface area contributed by atoms with Gasteiger partial charge in [0.05, 0.1) is 21.0 Å². The van der Waals surface area contributed by atoms with Gasteiger partial charge in [-0.1, -0.05) is 48.2 Å². The number of amides is 1. The van der Waals surface area contributed by atoms with Gasteiger partial charge in [0, 0.05) is 36.3 Å². The first-order chi connectivity index (χ1) is 15.3. The Morgan fingerprint density at radius 3 is 2.28 bits per heavy atom. The third kappa shape index (κ3) is 4.23. The second kappa shape index (κ2) is 8.92. The van der Waals surface area contributed by atoms with Crippen molar-refractivity contribution in [2.75, 3.05) is 5.32 Å². The van der Waals surface area contributed by atoms with Gasteiger partial charge in [-0.25, -0.2) is 4.79 Å². The number of hydrogen-bond donors (Lipinski definition) is 3. The van der Waals surface area contributed by atoms with Gasteiger partial charge < -0.3 is 15.7 Å². The predicted octanol–water partition coefficient (Wildman–Crippen LogP) is 4.25. The van der Waals surface area contributed by atoms with E-state index in [9.17, 15) is 19.5 Å². The van der Waals surface area contributed by atoms with E-state index in [2.05, 4.69) is 15.6 Å². The van der Waals surface area contributed by atoms with E-state index in [0.29, 0.717) is 5.69 Å². The number of hydrogen-bond acceptors (Lipinski definition) is 5. The number of nitrogens with zero attached hydrogens (tertiary/aromatic N) is 1. The first kappa shape index (κ1) is 22.3. The molecule has 1 aromatic heterocycles. The monoisotopic (exact) mass is 473 g/mol. The van der Waals surface area contributed by atoms with E-state index in [0.717, 1.165) is 36.9 Å². The van der Waals surface area contributed by atoms with Gasteiger partial charge in [0.25, 0.3) is 5.91 Å². The molecule has 32 heavy (non-hydrogen) atoms.